The minimum absolute atomic E-state index is 0.405. The maximum absolute atomic E-state index is 5.28. The van der Waals surface area contributed by atoms with Crippen LogP contribution in [-0.4, -0.2) is 35.8 Å². The summed E-state index contributed by atoms with van der Waals surface area (Å²) < 4.78 is 5.28. The average molecular weight is 250 g/mol. The van der Waals surface area contributed by atoms with Crippen LogP contribution in [0.15, 0.2) is 6.33 Å². The highest BCUT2D eigenvalue weighted by molar-refractivity contribution is 5.56. The molecule has 2 rings (SSSR count). The Balaban J connectivity index is 1.96. The first-order chi connectivity index (χ1) is 8.74. The standard InChI is InChI=1S/C13H22N4O/c1-4-5-14-12-9(2)13(16-8-15-12)17-10-6-11(7-10)18-3/h8,10-11H,4-7H2,1-3H3,(H2,14,15,16,17). The molecule has 0 amide bonds. The second-order valence-electron chi connectivity index (χ2n) is 4.79. The van der Waals surface area contributed by atoms with Crippen LogP contribution in [0.4, 0.5) is 11.6 Å². The van der Waals surface area contributed by atoms with E-state index in [1.54, 1.807) is 13.4 Å². The lowest BCUT2D eigenvalue weighted by atomic mass is 9.89. The van der Waals surface area contributed by atoms with Crippen LogP contribution in [-0.2, 0) is 4.74 Å². The zero-order valence-electron chi connectivity index (χ0n) is 11.4. The fraction of sp³-hybridized carbons (Fsp3) is 0.692. The van der Waals surface area contributed by atoms with E-state index in [1.165, 1.54) is 0 Å². The van der Waals surface area contributed by atoms with Gasteiger partial charge in [-0.25, -0.2) is 9.97 Å². The molecule has 1 heterocycles. The number of hydrogen-bond donors (Lipinski definition) is 2. The molecule has 1 aliphatic rings. The molecule has 18 heavy (non-hydrogen) atoms. The molecular formula is C13H22N4O. The Hall–Kier alpha value is -1.36. The van der Waals surface area contributed by atoms with Crippen molar-refractivity contribution >= 4 is 11.6 Å². The topological polar surface area (TPSA) is 59.1 Å². The molecule has 100 valence electrons. The van der Waals surface area contributed by atoms with Gasteiger partial charge in [0.1, 0.15) is 18.0 Å². The van der Waals surface area contributed by atoms with Gasteiger partial charge in [-0.05, 0) is 26.2 Å². The molecule has 1 aliphatic carbocycles. The van der Waals surface area contributed by atoms with Gasteiger partial charge in [0.2, 0.25) is 0 Å². The molecule has 0 radical (unpaired) electrons. The van der Waals surface area contributed by atoms with Crippen LogP contribution in [0.2, 0.25) is 0 Å². The van der Waals surface area contributed by atoms with Crippen LogP contribution in [0, 0.1) is 6.92 Å². The summed E-state index contributed by atoms with van der Waals surface area (Å²) in [5.41, 5.74) is 1.09. The van der Waals surface area contributed by atoms with Gasteiger partial charge in [0.25, 0.3) is 0 Å². The van der Waals surface area contributed by atoms with Gasteiger partial charge in [-0.3, -0.25) is 0 Å². The number of aromatic nitrogens is 2. The molecule has 0 unspecified atom stereocenters. The van der Waals surface area contributed by atoms with Crippen molar-refractivity contribution in [3.8, 4) is 0 Å². The van der Waals surface area contributed by atoms with Crippen molar-refractivity contribution in [2.75, 3.05) is 24.3 Å². The number of nitrogens with one attached hydrogen (secondary N) is 2. The Kier molecular flexibility index (Phi) is 4.36. The van der Waals surface area contributed by atoms with Gasteiger partial charge in [0, 0.05) is 25.3 Å². The van der Waals surface area contributed by atoms with Crippen LogP contribution < -0.4 is 10.6 Å². The first-order valence-corrected chi connectivity index (χ1v) is 6.59. The maximum atomic E-state index is 5.28. The average Bonchev–Trinajstić information content (AvgIpc) is 2.33. The summed E-state index contributed by atoms with van der Waals surface area (Å²) in [6.07, 6.45) is 5.21. The van der Waals surface area contributed by atoms with Gasteiger partial charge in [-0.2, -0.15) is 0 Å². The Morgan fingerprint density at radius 1 is 1.33 bits per heavy atom. The predicted octanol–water partition coefficient (Wildman–Crippen LogP) is 2.20. The van der Waals surface area contributed by atoms with Crippen molar-refractivity contribution in [2.24, 2.45) is 0 Å². The van der Waals surface area contributed by atoms with Crippen molar-refractivity contribution in [2.45, 2.75) is 45.3 Å². The normalized spacial score (nSPS) is 22.4. The van der Waals surface area contributed by atoms with E-state index >= 15 is 0 Å². The van der Waals surface area contributed by atoms with Gasteiger partial charge in [-0.15, -0.1) is 0 Å². The number of anilines is 2. The summed E-state index contributed by atoms with van der Waals surface area (Å²) in [7, 11) is 1.77. The molecule has 0 bridgehead atoms. The minimum atomic E-state index is 0.405. The van der Waals surface area contributed by atoms with Crippen LogP contribution in [0.5, 0.6) is 0 Å². The molecule has 0 saturated heterocycles. The molecule has 1 fully saturated rings. The summed E-state index contributed by atoms with van der Waals surface area (Å²) in [6.45, 7) is 5.13. The maximum Gasteiger partial charge on any atom is 0.134 e. The van der Waals surface area contributed by atoms with Crippen molar-refractivity contribution in [1.82, 2.24) is 9.97 Å². The minimum Gasteiger partial charge on any atom is -0.381 e. The zero-order chi connectivity index (χ0) is 13.0. The van der Waals surface area contributed by atoms with Crippen molar-refractivity contribution in [3.05, 3.63) is 11.9 Å². The number of ether oxygens (including phenoxy) is 1. The Morgan fingerprint density at radius 2 is 2.06 bits per heavy atom. The second-order valence-corrected chi connectivity index (χ2v) is 4.79. The molecular weight excluding hydrogens is 228 g/mol. The van der Waals surface area contributed by atoms with E-state index in [4.69, 9.17) is 4.74 Å². The summed E-state index contributed by atoms with van der Waals surface area (Å²) in [5.74, 6) is 1.86. The monoisotopic (exact) mass is 250 g/mol. The molecule has 5 heteroatoms. The first-order valence-electron chi connectivity index (χ1n) is 6.59. The Bertz CT molecular complexity index is 391. The summed E-state index contributed by atoms with van der Waals surface area (Å²) in [6, 6.07) is 0.475. The Labute approximate surface area is 108 Å². The third kappa shape index (κ3) is 2.90. The highest BCUT2D eigenvalue weighted by atomic mass is 16.5. The van der Waals surface area contributed by atoms with Crippen LogP contribution >= 0.6 is 0 Å². The van der Waals surface area contributed by atoms with E-state index in [1.807, 2.05) is 6.92 Å². The molecule has 1 aromatic rings. The highest BCUT2D eigenvalue weighted by Crippen LogP contribution is 2.27. The van der Waals surface area contributed by atoms with Gasteiger partial charge in [0.05, 0.1) is 6.10 Å². The molecule has 1 aromatic heterocycles. The van der Waals surface area contributed by atoms with Gasteiger partial charge in [-0.1, -0.05) is 6.92 Å². The largest absolute Gasteiger partial charge is 0.381 e. The third-order valence-corrected chi connectivity index (χ3v) is 3.40. The molecule has 0 aromatic carbocycles. The lowest BCUT2D eigenvalue weighted by molar-refractivity contribution is 0.0328. The van der Waals surface area contributed by atoms with E-state index in [9.17, 15) is 0 Å². The molecule has 0 atom stereocenters. The quantitative estimate of drug-likeness (QED) is 0.810. The fourth-order valence-electron chi connectivity index (χ4n) is 2.09. The SMILES string of the molecule is CCCNc1ncnc(NC2CC(OC)C2)c1C. The molecule has 2 N–H and O–H groups in total. The van der Waals surface area contributed by atoms with Crippen LogP contribution in [0.1, 0.15) is 31.7 Å². The number of nitrogens with zero attached hydrogens (tertiary/aromatic N) is 2. The zero-order valence-corrected chi connectivity index (χ0v) is 11.4. The predicted molar refractivity (Wildman–Crippen MR) is 73.0 cm³/mol. The first kappa shape index (κ1) is 13.1. The van der Waals surface area contributed by atoms with Gasteiger partial charge in [0.15, 0.2) is 0 Å². The van der Waals surface area contributed by atoms with E-state index in [0.717, 1.165) is 43.0 Å². The van der Waals surface area contributed by atoms with Gasteiger partial charge < -0.3 is 15.4 Å². The summed E-state index contributed by atoms with van der Waals surface area (Å²) in [5, 5.41) is 6.77. The van der Waals surface area contributed by atoms with Crippen molar-refractivity contribution in [1.29, 1.82) is 0 Å². The summed E-state index contributed by atoms with van der Waals surface area (Å²) in [4.78, 5) is 8.59. The third-order valence-electron chi connectivity index (χ3n) is 3.40. The highest BCUT2D eigenvalue weighted by Gasteiger charge is 2.29. The number of hydrogen-bond acceptors (Lipinski definition) is 5. The Morgan fingerprint density at radius 3 is 2.72 bits per heavy atom. The molecule has 0 aliphatic heterocycles. The lowest BCUT2D eigenvalue weighted by Crippen LogP contribution is -2.40. The lowest BCUT2D eigenvalue weighted by Gasteiger charge is -2.35. The number of rotatable bonds is 6. The van der Waals surface area contributed by atoms with Crippen molar-refractivity contribution < 1.29 is 4.74 Å². The molecule has 5 nitrogen and oxygen atoms in total. The van der Waals surface area contributed by atoms with E-state index in [-0.39, 0.29) is 0 Å². The van der Waals surface area contributed by atoms with Crippen LogP contribution in [0.3, 0.4) is 0 Å². The van der Waals surface area contributed by atoms with E-state index < -0.39 is 0 Å². The second kappa shape index (κ2) is 6.00. The van der Waals surface area contributed by atoms with E-state index in [0.29, 0.717) is 12.1 Å². The molecule has 1 saturated carbocycles. The van der Waals surface area contributed by atoms with Crippen molar-refractivity contribution in [3.63, 3.8) is 0 Å². The van der Waals surface area contributed by atoms with Gasteiger partial charge >= 0.3 is 0 Å². The number of methoxy groups -OCH3 is 1. The van der Waals surface area contributed by atoms with Crippen LogP contribution in [0.25, 0.3) is 0 Å². The molecule has 0 spiro atoms. The van der Waals surface area contributed by atoms with E-state index in [2.05, 4.69) is 27.5 Å². The smallest absolute Gasteiger partial charge is 0.134 e. The fourth-order valence-corrected chi connectivity index (χ4v) is 2.09. The summed E-state index contributed by atoms with van der Waals surface area (Å²) >= 11 is 0.